The van der Waals surface area contributed by atoms with E-state index in [1.807, 2.05) is 0 Å². The van der Waals surface area contributed by atoms with Crippen LogP contribution in [0.1, 0.15) is 10.5 Å². The van der Waals surface area contributed by atoms with Gasteiger partial charge >= 0.3 is 5.97 Å². The first-order valence-electron chi connectivity index (χ1n) is 4.85. The molecule has 88 valence electrons. The predicted molar refractivity (Wildman–Crippen MR) is 61.0 cm³/mol. The summed E-state index contributed by atoms with van der Waals surface area (Å²) in [6, 6.07) is 7.80. The Labute approximate surface area is 97.2 Å². The third kappa shape index (κ3) is 2.05. The second kappa shape index (κ2) is 4.17. The van der Waals surface area contributed by atoms with Gasteiger partial charge in [-0.3, -0.25) is 0 Å². The first kappa shape index (κ1) is 11.0. The first-order valence-corrected chi connectivity index (χ1v) is 4.85. The van der Waals surface area contributed by atoms with Gasteiger partial charge in [0.05, 0.1) is 12.8 Å². The van der Waals surface area contributed by atoms with Gasteiger partial charge in [-0.1, -0.05) is 6.07 Å². The van der Waals surface area contributed by atoms with Crippen molar-refractivity contribution in [1.29, 1.82) is 0 Å². The summed E-state index contributed by atoms with van der Waals surface area (Å²) in [7, 11) is 1.27. The fraction of sp³-hybridized carbons (Fsp3) is 0.0909. The fourth-order valence-corrected chi connectivity index (χ4v) is 1.43. The number of carbonyl (C=O) groups excluding carboxylic acids is 1. The number of nitrogen functional groups attached to an aromatic ring is 1. The number of anilines is 1. The molecule has 0 saturated carbocycles. The van der Waals surface area contributed by atoms with Crippen LogP contribution in [0, 0.1) is 0 Å². The van der Waals surface area contributed by atoms with Crippen LogP contribution in [0.4, 0.5) is 5.82 Å². The summed E-state index contributed by atoms with van der Waals surface area (Å²) in [5, 5.41) is 13.4. The maximum atomic E-state index is 11.3. The number of carbonyl (C=O) groups is 1. The molecule has 0 aliphatic carbocycles. The first-order chi connectivity index (χ1) is 8.11. The molecule has 3 N–H and O–H groups in total. The van der Waals surface area contributed by atoms with E-state index in [0.29, 0.717) is 5.69 Å². The number of benzene rings is 1. The molecule has 0 unspecified atom stereocenters. The number of nitrogens with two attached hydrogens (primary N) is 1. The molecular formula is C11H11N3O3. The van der Waals surface area contributed by atoms with Crippen molar-refractivity contribution < 1.29 is 14.6 Å². The molecule has 1 heterocycles. The average Bonchev–Trinajstić information content (AvgIpc) is 2.70. The molecule has 0 radical (unpaired) electrons. The Balaban J connectivity index is 2.46. The van der Waals surface area contributed by atoms with E-state index in [2.05, 4.69) is 9.84 Å². The molecule has 0 bridgehead atoms. The van der Waals surface area contributed by atoms with Crippen LogP contribution in [-0.2, 0) is 4.74 Å². The minimum absolute atomic E-state index is 0.0945. The summed E-state index contributed by atoms with van der Waals surface area (Å²) in [6.45, 7) is 0. The molecule has 1 aromatic carbocycles. The molecule has 0 spiro atoms. The molecule has 0 saturated heterocycles. The van der Waals surface area contributed by atoms with Crippen molar-refractivity contribution >= 4 is 11.8 Å². The smallest absolute Gasteiger partial charge is 0.358 e. The summed E-state index contributed by atoms with van der Waals surface area (Å²) in [5.41, 5.74) is 6.41. The van der Waals surface area contributed by atoms with E-state index in [0.717, 1.165) is 0 Å². The number of ether oxygens (including phenoxy) is 1. The Bertz CT molecular complexity index is 563. The normalized spacial score (nSPS) is 10.2. The van der Waals surface area contributed by atoms with Gasteiger partial charge in [-0.2, -0.15) is 5.10 Å². The molecule has 0 fully saturated rings. The lowest BCUT2D eigenvalue weighted by Gasteiger charge is -2.03. The minimum Gasteiger partial charge on any atom is -0.508 e. The zero-order valence-corrected chi connectivity index (χ0v) is 9.12. The van der Waals surface area contributed by atoms with E-state index in [-0.39, 0.29) is 17.3 Å². The molecule has 0 aliphatic rings. The Morgan fingerprint density at radius 2 is 2.24 bits per heavy atom. The highest BCUT2D eigenvalue weighted by atomic mass is 16.5. The van der Waals surface area contributed by atoms with Gasteiger partial charge in [0, 0.05) is 12.1 Å². The highest BCUT2D eigenvalue weighted by Gasteiger charge is 2.13. The number of aromatic hydroxyl groups is 1. The maximum absolute atomic E-state index is 11.3. The van der Waals surface area contributed by atoms with Crippen molar-refractivity contribution in [2.24, 2.45) is 0 Å². The van der Waals surface area contributed by atoms with Crippen LogP contribution in [0.2, 0.25) is 0 Å². The number of phenolic OH excluding ortho intramolecular Hbond substituents is 1. The topological polar surface area (TPSA) is 90.4 Å². The lowest BCUT2D eigenvalue weighted by atomic mass is 10.3. The zero-order valence-electron chi connectivity index (χ0n) is 9.12. The van der Waals surface area contributed by atoms with Gasteiger partial charge in [0.2, 0.25) is 0 Å². The van der Waals surface area contributed by atoms with Gasteiger partial charge in [0.15, 0.2) is 5.69 Å². The predicted octanol–water partition coefficient (Wildman–Crippen LogP) is 0.947. The number of methoxy groups -OCH3 is 1. The lowest BCUT2D eigenvalue weighted by Crippen LogP contribution is -2.05. The quantitative estimate of drug-likeness (QED) is 0.753. The fourth-order valence-electron chi connectivity index (χ4n) is 1.43. The van der Waals surface area contributed by atoms with E-state index < -0.39 is 5.97 Å². The van der Waals surface area contributed by atoms with E-state index in [4.69, 9.17) is 5.73 Å². The van der Waals surface area contributed by atoms with Gasteiger partial charge in [-0.05, 0) is 12.1 Å². The minimum atomic E-state index is -0.560. The van der Waals surface area contributed by atoms with Crippen LogP contribution in [-0.4, -0.2) is 28.0 Å². The van der Waals surface area contributed by atoms with Crippen LogP contribution in [0.3, 0.4) is 0 Å². The molecular weight excluding hydrogens is 222 g/mol. The van der Waals surface area contributed by atoms with Crippen molar-refractivity contribution in [2.45, 2.75) is 0 Å². The molecule has 1 aromatic heterocycles. The zero-order chi connectivity index (χ0) is 12.4. The van der Waals surface area contributed by atoms with Crippen LogP contribution in [0.5, 0.6) is 5.75 Å². The van der Waals surface area contributed by atoms with E-state index in [1.165, 1.54) is 30.0 Å². The van der Waals surface area contributed by atoms with Gasteiger partial charge in [0.1, 0.15) is 11.6 Å². The highest BCUT2D eigenvalue weighted by Crippen LogP contribution is 2.18. The Hall–Kier alpha value is -2.50. The maximum Gasteiger partial charge on any atom is 0.358 e. The van der Waals surface area contributed by atoms with E-state index in [9.17, 15) is 9.90 Å². The van der Waals surface area contributed by atoms with E-state index in [1.54, 1.807) is 12.1 Å². The lowest BCUT2D eigenvalue weighted by molar-refractivity contribution is 0.0593. The summed E-state index contributed by atoms with van der Waals surface area (Å²) in [6.07, 6.45) is 0. The molecule has 0 amide bonds. The Morgan fingerprint density at radius 3 is 2.88 bits per heavy atom. The number of phenols is 1. The number of hydrogen-bond donors (Lipinski definition) is 2. The van der Waals surface area contributed by atoms with Gasteiger partial charge in [-0.15, -0.1) is 0 Å². The SMILES string of the molecule is COC(=O)c1cc(N)n(-c2cccc(O)c2)n1. The van der Waals surface area contributed by atoms with Crippen molar-refractivity contribution in [2.75, 3.05) is 12.8 Å². The third-order valence-electron chi connectivity index (χ3n) is 2.21. The average molecular weight is 233 g/mol. The summed E-state index contributed by atoms with van der Waals surface area (Å²) in [4.78, 5) is 11.3. The molecule has 2 rings (SSSR count). The Kier molecular flexibility index (Phi) is 2.70. The van der Waals surface area contributed by atoms with Crippen LogP contribution < -0.4 is 5.73 Å². The van der Waals surface area contributed by atoms with Crippen LogP contribution in [0.25, 0.3) is 5.69 Å². The highest BCUT2D eigenvalue weighted by molar-refractivity contribution is 5.88. The van der Waals surface area contributed by atoms with Crippen LogP contribution >= 0.6 is 0 Å². The second-order valence-electron chi connectivity index (χ2n) is 3.38. The molecule has 6 heteroatoms. The summed E-state index contributed by atoms with van der Waals surface area (Å²) >= 11 is 0. The Morgan fingerprint density at radius 1 is 1.47 bits per heavy atom. The molecule has 0 aliphatic heterocycles. The molecule has 2 aromatic rings. The monoisotopic (exact) mass is 233 g/mol. The van der Waals surface area contributed by atoms with Gasteiger partial charge < -0.3 is 15.6 Å². The number of rotatable bonds is 2. The molecule has 0 atom stereocenters. The standard InChI is InChI=1S/C11H11N3O3/c1-17-11(16)9-6-10(12)14(13-9)7-3-2-4-8(15)5-7/h2-6,15H,12H2,1H3. The number of aromatic nitrogens is 2. The second-order valence-corrected chi connectivity index (χ2v) is 3.38. The van der Waals surface area contributed by atoms with Crippen molar-refractivity contribution in [3.8, 4) is 11.4 Å². The summed E-state index contributed by atoms with van der Waals surface area (Å²) in [5.74, 6) is -0.177. The summed E-state index contributed by atoms with van der Waals surface area (Å²) < 4.78 is 5.90. The van der Waals surface area contributed by atoms with Gasteiger partial charge in [-0.25, -0.2) is 9.48 Å². The van der Waals surface area contributed by atoms with Gasteiger partial charge in [0.25, 0.3) is 0 Å². The van der Waals surface area contributed by atoms with Crippen molar-refractivity contribution in [3.63, 3.8) is 0 Å². The number of hydrogen-bond acceptors (Lipinski definition) is 5. The van der Waals surface area contributed by atoms with Crippen LogP contribution in [0.15, 0.2) is 30.3 Å². The number of nitrogens with zero attached hydrogens (tertiary/aromatic N) is 2. The molecule has 17 heavy (non-hydrogen) atoms. The molecule has 6 nitrogen and oxygen atoms in total. The number of esters is 1. The van der Waals surface area contributed by atoms with Crippen molar-refractivity contribution in [1.82, 2.24) is 9.78 Å². The van der Waals surface area contributed by atoms with E-state index >= 15 is 0 Å². The van der Waals surface area contributed by atoms with Crippen molar-refractivity contribution in [3.05, 3.63) is 36.0 Å². The largest absolute Gasteiger partial charge is 0.508 e. The third-order valence-corrected chi connectivity index (χ3v) is 2.21.